The number of aryl methyl sites for hydroxylation is 4. The van der Waals surface area contributed by atoms with Crippen LogP contribution in [0.25, 0.3) is 21.7 Å². The normalized spacial score (nSPS) is 11.3. The fourth-order valence-electron chi connectivity index (χ4n) is 4.10. The highest BCUT2D eigenvalue weighted by Crippen LogP contribution is 2.26. The van der Waals surface area contributed by atoms with Crippen LogP contribution in [-0.4, -0.2) is 20.7 Å². The fourth-order valence-corrected chi connectivity index (χ4v) is 4.10. The monoisotopic (exact) mass is 402 g/mol. The van der Waals surface area contributed by atoms with Crippen LogP contribution in [-0.2, 0) is 24.3 Å². The van der Waals surface area contributed by atoms with Crippen molar-refractivity contribution in [2.75, 3.05) is 0 Å². The molecule has 0 saturated heterocycles. The molecule has 1 amide bonds. The van der Waals surface area contributed by atoms with Crippen molar-refractivity contribution in [3.8, 4) is 0 Å². The lowest BCUT2D eigenvalue weighted by Gasteiger charge is -2.10. The van der Waals surface area contributed by atoms with Gasteiger partial charge in [-0.2, -0.15) is 5.10 Å². The van der Waals surface area contributed by atoms with E-state index < -0.39 is 0 Å². The number of aromatic nitrogens is 3. The van der Waals surface area contributed by atoms with Crippen molar-refractivity contribution in [3.05, 3.63) is 74.8 Å². The highest BCUT2D eigenvalue weighted by Gasteiger charge is 2.13. The minimum atomic E-state index is -0.253. The van der Waals surface area contributed by atoms with Crippen LogP contribution in [0.5, 0.6) is 0 Å². The maximum absolute atomic E-state index is 12.7. The Morgan fingerprint density at radius 1 is 1.10 bits per heavy atom. The van der Waals surface area contributed by atoms with Gasteiger partial charge in [-0.15, -0.1) is 0 Å². The lowest BCUT2D eigenvalue weighted by atomic mass is 10.0. The summed E-state index contributed by atoms with van der Waals surface area (Å²) in [6.07, 6.45) is 0.932. The highest BCUT2D eigenvalue weighted by molar-refractivity contribution is 5.88. The van der Waals surface area contributed by atoms with E-state index in [4.69, 9.17) is 0 Å². The van der Waals surface area contributed by atoms with E-state index in [0.29, 0.717) is 11.9 Å². The molecule has 0 bridgehead atoms. The Kier molecular flexibility index (Phi) is 5.16. The molecule has 0 fully saturated rings. The highest BCUT2D eigenvalue weighted by atomic mass is 16.2. The van der Waals surface area contributed by atoms with Crippen LogP contribution in [0.1, 0.15) is 35.0 Å². The van der Waals surface area contributed by atoms with Crippen LogP contribution in [0.15, 0.2) is 41.2 Å². The van der Waals surface area contributed by atoms with E-state index >= 15 is 0 Å². The van der Waals surface area contributed by atoms with Gasteiger partial charge >= 0.3 is 0 Å². The Morgan fingerprint density at radius 3 is 2.57 bits per heavy atom. The van der Waals surface area contributed by atoms with Crippen LogP contribution in [0, 0.1) is 20.8 Å². The summed E-state index contributed by atoms with van der Waals surface area (Å²) in [6.45, 7) is 8.44. The van der Waals surface area contributed by atoms with Gasteiger partial charge in [0.05, 0.1) is 16.6 Å². The molecular weight excluding hydrogens is 376 g/mol. The first-order valence-electron chi connectivity index (χ1n) is 10.2. The quantitative estimate of drug-likeness (QED) is 0.534. The standard InChI is InChI=1S/C24H26N4O2/c1-5-21-15(3)20-11-14(2)10-17(23(20)26-21)12-25-22(29)13-28-24(30)19-9-7-6-8-18(19)16(4)27-28/h6-11,26H,5,12-13H2,1-4H3,(H,25,29). The topological polar surface area (TPSA) is 79.8 Å². The molecule has 0 atom stereocenters. The van der Waals surface area contributed by atoms with Crippen molar-refractivity contribution in [3.63, 3.8) is 0 Å². The van der Waals surface area contributed by atoms with E-state index in [2.05, 4.69) is 48.3 Å². The lowest BCUT2D eigenvalue weighted by Crippen LogP contribution is -2.33. The molecule has 0 aliphatic heterocycles. The zero-order valence-corrected chi connectivity index (χ0v) is 17.8. The summed E-state index contributed by atoms with van der Waals surface area (Å²) in [5.41, 5.74) is 6.20. The molecule has 0 unspecified atom stereocenters. The van der Waals surface area contributed by atoms with Gasteiger partial charge in [0.2, 0.25) is 5.91 Å². The first kappa shape index (κ1) is 19.9. The van der Waals surface area contributed by atoms with Gasteiger partial charge < -0.3 is 10.3 Å². The van der Waals surface area contributed by atoms with E-state index in [9.17, 15) is 9.59 Å². The Balaban J connectivity index is 1.57. The van der Waals surface area contributed by atoms with Gasteiger partial charge in [0, 0.05) is 23.0 Å². The summed E-state index contributed by atoms with van der Waals surface area (Å²) < 4.78 is 1.24. The number of rotatable bonds is 5. The SMILES string of the molecule is CCc1[nH]c2c(CNC(=O)Cn3nc(C)c4ccccc4c3=O)cc(C)cc2c1C. The summed E-state index contributed by atoms with van der Waals surface area (Å²) in [5, 5.41) is 9.86. The fraction of sp³-hybridized carbons (Fsp3) is 0.292. The van der Waals surface area contributed by atoms with Crippen molar-refractivity contribution in [2.45, 2.75) is 47.2 Å². The largest absolute Gasteiger partial charge is 0.358 e. The van der Waals surface area contributed by atoms with Crippen LogP contribution in [0.3, 0.4) is 0 Å². The van der Waals surface area contributed by atoms with Gasteiger partial charge in [-0.25, -0.2) is 4.68 Å². The summed E-state index contributed by atoms with van der Waals surface area (Å²) in [4.78, 5) is 28.8. The molecule has 0 saturated carbocycles. The smallest absolute Gasteiger partial charge is 0.275 e. The van der Waals surface area contributed by atoms with Crippen molar-refractivity contribution in [1.29, 1.82) is 0 Å². The molecule has 2 aromatic carbocycles. The van der Waals surface area contributed by atoms with E-state index in [1.807, 2.05) is 25.1 Å². The third-order valence-electron chi connectivity index (χ3n) is 5.67. The summed E-state index contributed by atoms with van der Waals surface area (Å²) in [6, 6.07) is 11.6. The molecule has 2 heterocycles. The third kappa shape index (κ3) is 3.49. The number of carbonyl (C=O) groups is 1. The number of aromatic amines is 1. The second-order valence-electron chi connectivity index (χ2n) is 7.80. The van der Waals surface area contributed by atoms with Gasteiger partial charge in [0.15, 0.2) is 0 Å². The average molecular weight is 402 g/mol. The summed E-state index contributed by atoms with van der Waals surface area (Å²) >= 11 is 0. The first-order chi connectivity index (χ1) is 14.4. The maximum Gasteiger partial charge on any atom is 0.275 e. The number of hydrogen-bond donors (Lipinski definition) is 2. The second-order valence-corrected chi connectivity index (χ2v) is 7.80. The van der Waals surface area contributed by atoms with Crippen LogP contribution in [0.2, 0.25) is 0 Å². The molecular formula is C24H26N4O2. The average Bonchev–Trinajstić information content (AvgIpc) is 3.06. The molecule has 4 aromatic rings. The second kappa shape index (κ2) is 7.78. The molecule has 0 aliphatic rings. The molecule has 4 rings (SSSR count). The van der Waals surface area contributed by atoms with Gasteiger partial charge in [-0.3, -0.25) is 9.59 Å². The van der Waals surface area contributed by atoms with Crippen molar-refractivity contribution < 1.29 is 4.79 Å². The predicted molar refractivity (Wildman–Crippen MR) is 120 cm³/mol. The van der Waals surface area contributed by atoms with E-state index in [-0.39, 0.29) is 18.0 Å². The van der Waals surface area contributed by atoms with E-state index in [1.165, 1.54) is 21.3 Å². The Hall–Kier alpha value is -3.41. The third-order valence-corrected chi connectivity index (χ3v) is 5.67. The molecule has 6 heteroatoms. The number of nitrogens with one attached hydrogen (secondary N) is 2. The summed E-state index contributed by atoms with van der Waals surface area (Å²) in [5.74, 6) is -0.243. The molecule has 2 N–H and O–H groups in total. The number of amides is 1. The summed E-state index contributed by atoms with van der Waals surface area (Å²) in [7, 11) is 0. The van der Waals surface area contributed by atoms with Crippen LogP contribution in [0.4, 0.5) is 0 Å². The Labute approximate surface area is 174 Å². The molecule has 6 nitrogen and oxygen atoms in total. The Morgan fingerprint density at radius 2 is 1.83 bits per heavy atom. The van der Waals surface area contributed by atoms with Crippen molar-refractivity contribution in [1.82, 2.24) is 20.1 Å². The zero-order valence-electron chi connectivity index (χ0n) is 17.8. The maximum atomic E-state index is 12.7. The molecule has 30 heavy (non-hydrogen) atoms. The van der Waals surface area contributed by atoms with Gasteiger partial charge in [-0.1, -0.05) is 36.8 Å². The minimum absolute atomic E-state index is 0.108. The van der Waals surface area contributed by atoms with Crippen molar-refractivity contribution in [2.24, 2.45) is 0 Å². The molecule has 0 spiro atoms. The van der Waals surface area contributed by atoms with E-state index in [0.717, 1.165) is 34.1 Å². The molecule has 0 aliphatic carbocycles. The number of nitrogens with zero attached hydrogens (tertiary/aromatic N) is 2. The first-order valence-corrected chi connectivity index (χ1v) is 10.2. The number of carbonyl (C=O) groups excluding carboxylic acids is 1. The van der Waals surface area contributed by atoms with Crippen LogP contribution >= 0.6 is 0 Å². The number of benzene rings is 2. The van der Waals surface area contributed by atoms with Gasteiger partial charge in [0.25, 0.3) is 5.56 Å². The Bertz CT molecular complexity index is 1330. The van der Waals surface area contributed by atoms with E-state index in [1.54, 1.807) is 6.07 Å². The lowest BCUT2D eigenvalue weighted by molar-refractivity contribution is -0.122. The number of H-pyrrole nitrogens is 1. The van der Waals surface area contributed by atoms with Crippen molar-refractivity contribution >= 4 is 27.6 Å². The molecule has 2 aromatic heterocycles. The van der Waals surface area contributed by atoms with Crippen LogP contribution < -0.4 is 10.9 Å². The molecule has 0 radical (unpaired) electrons. The number of fused-ring (bicyclic) bond motifs is 2. The minimum Gasteiger partial charge on any atom is -0.358 e. The van der Waals surface area contributed by atoms with Gasteiger partial charge in [-0.05, 0) is 50.5 Å². The number of hydrogen-bond acceptors (Lipinski definition) is 3. The van der Waals surface area contributed by atoms with Gasteiger partial charge in [0.1, 0.15) is 6.54 Å². The molecule has 154 valence electrons. The zero-order chi connectivity index (χ0) is 21.4. The predicted octanol–water partition coefficient (Wildman–Crippen LogP) is 3.68.